The highest BCUT2D eigenvalue weighted by molar-refractivity contribution is 5.85. The van der Waals surface area contributed by atoms with E-state index in [1.54, 1.807) is 0 Å². The average Bonchev–Trinajstić information content (AvgIpc) is 2.55. The van der Waals surface area contributed by atoms with Crippen LogP contribution in [0.15, 0.2) is 24.3 Å². The summed E-state index contributed by atoms with van der Waals surface area (Å²) in [7, 11) is 0. The van der Waals surface area contributed by atoms with Crippen LogP contribution in [-0.4, -0.2) is 17.7 Å². The molecule has 0 atom stereocenters. The molecular formula is C15H25ClN2. The summed E-state index contributed by atoms with van der Waals surface area (Å²) in [6, 6.07) is 8.71. The minimum Gasteiger partial charge on any atom is -0.347 e. The van der Waals surface area contributed by atoms with E-state index in [1.807, 2.05) is 0 Å². The van der Waals surface area contributed by atoms with Crippen LogP contribution < -0.4 is 9.80 Å². The summed E-state index contributed by atoms with van der Waals surface area (Å²) in [5, 5.41) is 0. The first-order valence-electron chi connectivity index (χ1n) is 6.35. The first-order chi connectivity index (χ1) is 7.71. The molecule has 0 fully saturated rings. The first kappa shape index (κ1) is 15.2. The zero-order valence-electron chi connectivity index (χ0n) is 12.3. The Morgan fingerprint density at radius 2 is 1.11 bits per heavy atom. The van der Waals surface area contributed by atoms with Crippen LogP contribution in [-0.2, 0) is 0 Å². The molecular weight excluding hydrogens is 244 g/mol. The van der Waals surface area contributed by atoms with Crippen molar-refractivity contribution < 1.29 is 0 Å². The molecule has 0 saturated carbocycles. The van der Waals surface area contributed by atoms with E-state index in [0.29, 0.717) is 0 Å². The van der Waals surface area contributed by atoms with Gasteiger partial charge in [-0.1, -0.05) is 12.1 Å². The molecule has 1 heterocycles. The summed E-state index contributed by atoms with van der Waals surface area (Å²) < 4.78 is 0. The van der Waals surface area contributed by atoms with E-state index in [4.69, 9.17) is 0 Å². The molecule has 0 unspecified atom stereocenters. The van der Waals surface area contributed by atoms with E-state index in [0.717, 1.165) is 6.67 Å². The summed E-state index contributed by atoms with van der Waals surface area (Å²) in [5.74, 6) is 0. The Kier molecular flexibility index (Phi) is 3.92. The van der Waals surface area contributed by atoms with Crippen molar-refractivity contribution >= 4 is 23.8 Å². The molecule has 2 nitrogen and oxygen atoms in total. The maximum absolute atomic E-state index is 2.48. The van der Waals surface area contributed by atoms with E-state index in [2.05, 4.69) is 75.6 Å². The quantitative estimate of drug-likeness (QED) is 0.693. The van der Waals surface area contributed by atoms with Crippen LogP contribution in [0, 0.1) is 0 Å². The topological polar surface area (TPSA) is 6.48 Å². The van der Waals surface area contributed by atoms with Crippen molar-refractivity contribution in [2.24, 2.45) is 0 Å². The average molecular weight is 269 g/mol. The minimum atomic E-state index is 0. The van der Waals surface area contributed by atoms with Gasteiger partial charge in [0.15, 0.2) is 0 Å². The smallest absolute Gasteiger partial charge is 0.0914 e. The Labute approximate surface area is 117 Å². The van der Waals surface area contributed by atoms with Gasteiger partial charge in [0.2, 0.25) is 0 Å². The number of benzene rings is 1. The van der Waals surface area contributed by atoms with Gasteiger partial charge in [0.1, 0.15) is 0 Å². The maximum Gasteiger partial charge on any atom is 0.0914 e. The highest BCUT2D eigenvalue weighted by atomic mass is 35.5. The lowest BCUT2D eigenvalue weighted by Crippen LogP contribution is -2.48. The second-order valence-electron chi connectivity index (χ2n) is 6.83. The van der Waals surface area contributed by atoms with Gasteiger partial charge in [-0.15, -0.1) is 12.4 Å². The molecule has 0 saturated heterocycles. The van der Waals surface area contributed by atoms with Gasteiger partial charge >= 0.3 is 0 Å². The Balaban J connectivity index is 0.00000162. The third-order valence-electron chi connectivity index (χ3n) is 3.37. The normalized spacial score (nSPS) is 15.4. The lowest BCUT2D eigenvalue weighted by atomic mass is 10.1. The number of para-hydroxylation sites is 2. The SMILES string of the molecule is CC(C)(C)N1CN(C(C)(C)C)c2ccccc21.Cl. The number of nitrogens with zero attached hydrogens (tertiary/aromatic N) is 2. The molecule has 2 rings (SSSR count). The summed E-state index contributed by atoms with van der Waals surface area (Å²) in [4.78, 5) is 4.96. The third-order valence-corrected chi connectivity index (χ3v) is 3.37. The van der Waals surface area contributed by atoms with E-state index >= 15 is 0 Å². The zero-order chi connectivity index (χ0) is 12.8. The van der Waals surface area contributed by atoms with E-state index in [1.165, 1.54) is 11.4 Å². The molecule has 1 aliphatic heterocycles. The van der Waals surface area contributed by atoms with Gasteiger partial charge in [-0.05, 0) is 53.7 Å². The Morgan fingerprint density at radius 1 is 0.778 bits per heavy atom. The Hall–Kier alpha value is -0.890. The molecule has 1 aromatic carbocycles. The highest BCUT2D eigenvalue weighted by Gasteiger charge is 2.36. The molecule has 0 aliphatic carbocycles. The predicted molar refractivity (Wildman–Crippen MR) is 83.0 cm³/mol. The van der Waals surface area contributed by atoms with Crippen LogP contribution in [0.2, 0.25) is 0 Å². The number of anilines is 2. The molecule has 0 amide bonds. The van der Waals surface area contributed by atoms with Crippen molar-refractivity contribution in [3.8, 4) is 0 Å². The van der Waals surface area contributed by atoms with Gasteiger partial charge in [-0.3, -0.25) is 0 Å². The Morgan fingerprint density at radius 3 is 1.39 bits per heavy atom. The van der Waals surface area contributed by atoms with Gasteiger partial charge in [0, 0.05) is 11.1 Å². The fourth-order valence-electron chi connectivity index (χ4n) is 2.36. The largest absolute Gasteiger partial charge is 0.347 e. The number of rotatable bonds is 0. The number of hydrogen-bond acceptors (Lipinski definition) is 2. The molecule has 0 aromatic heterocycles. The molecule has 0 N–H and O–H groups in total. The van der Waals surface area contributed by atoms with Gasteiger partial charge in [0.25, 0.3) is 0 Å². The molecule has 18 heavy (non-hydrogen) atoms. The van der Waals surface area contributed by atoms with E-state index in [9.17, 15) is 0 Å². The van der Waals surface area contributed by atoms with Crippen LogP contribution >= 0.6 is 12.4 Å². The van der Waals surface area contributed by atoms with E-state index in [-0.39, 0.29) is 23.5 Å². The summed E-state index contributed by atoms with van der Waals surface area (Å²) in [6.07, 6.45) is 0. The first-order valence-corrected chi connectivity index (χ1v) is 6.35. The van der Waals surface area contributed by atoms with Gasteiger partial charge in [-0.25, -0.2) is 0 Å². The molecule has 0 radical (unpaired) electrons. The van der Waals surface area contributed by atoms with Crippen molar-refractivity contribution in [1.29, 1.82) is 0 Å². The fraction of sp³-hybridized carbons (Fsp3) is 0.600. The minimum absolute atomic E-state index is 0. The molecule has 3 heteroatoms. The zero-order valence-corrected chi connectivity index (χ0v) is 13.1. The van der Waals surface area contributed by atoms with Crippen LogP contribution in [0.4, 0.5) is 11.4 Å². The monoisotopic (exact) mass is 268 g/mol. The Bertz CT molecular complexity index is 376. The molecule has 1 aliphatic rings. The van der Waals surface area contributed by atoms with Crippen LogP contribution in [0.1, 0.15) is 41.5 Å². The summed E-state index contributed by atoms with van der Waals surface area (Å²) in [6.45, 7) is 14.6. The number of hydrogen-bond donors (Lipinski definition) is 0. The molecule has 102 valence electrons. The standard InChI is InChI=1S/C15H24N2.ClH/c1-14(2,3)16-11-17(15(4,5)6)13-10-8-7-9-12(13)16;/h7-10H,11H2,1-6H3;1H. The summed E-state index contributed by atoms with van der Waals surface area (Å²) in [5.41, 5.74) is 3.04. The van der Waals surface area contributed by atoms with Crippen LogP contribution in [0.3, 0.4) is 0 Å². The van der Waals surface area contributed by atoms with Crippen LogP contribution in [0.5, 0.6) is 0 Å². The molecule has 0 spiro atoms. The fourth-order valence-corrected chi connectivity index (χ4v) is 2.36. The van der Waals surface area contributed by atoms with Gasteiger partial charge < -0.3 is 9.80 Å². The highest BCUT2D eigenvalue weighted by Crippen LogP contribution is 2.42. The molecule has 0 bridgehead atoms. The van der Waals surface area contributed by atoms with Crippen molar-refractivity contribution in [1.82, 2.24) is 0 Å². The van der Waals surface area contributed by atoms with Gasteiger partial charge in [0.05, 0.1) is 18.0 Å². The number of fused-ring (bicyclic) bond motifs is 1. The lowest BCUT2D eigenvalue weighted by Gasteiger charge is -2.38. The maximum atomic E-state index is 2.48. The van der Waals surface area contributed by atoms with Crippen molar-refractivity contribution in [3.63, 3.8) is 0 Å². The van der Waals surface area contributed by atoms with Crippen molar-refractivity contribution in [2.45, 2.75) is 52.6 Å². The van der Waals surface area contributed by atoms with Crippen molar-refractivity contribution in [2.75, 3.05) is 16.5 Å². The second-order valence-corrected chi connectivity index (χ2v) is 6.83. The number of halogens is 1. The van der Waals surface area contributed by atoms with Crippen LogP contribution in [0.25, 0.3) is 0 Å². The predicted octanol–water partition coefficient (Wildman–Crippen LogP) is 4.29. The van der Waals surface area contributed by atoms with E-state index < -0.39 is 0 Å². The van der Waals surface area contributed by atoms with Gasteiger partial charge in [-0.2, -0.15) is 0 Å². The van der Waals surface area contributed by atoms with Crippen molar-refractivity contribution in [3.05, 3.63) is 24.3 Å². The summed E-state index contributed by atoms with van der Waals surface area (Å²) >= 11 is 0. The third kappa shape index (κ3) is 2.59. The molecule has 1 aromatic rings. The second kappa shape index (κ2) is 4.65. The lowest BCUT2D eigenvalue weighted by molar-refractivity contribution is 0.462.